The summed E-state index contributed by atoms with van der Waals surface area (Å²) in [6, 6.07) is 8.41. The Labute approximate surface area is 180 Å². The van der Waals surface area contributed by atoms with Gasteiger partial charge in [-0.15, -0.1) is 0 Å². The standard InChI is InChI=1S/C24H37N3O3/c1-3-7-23(28)27-16-12-20(13-17-27)24(29)25-18-22(26-14-5-4-6-15-26)19-8-10-21(30-2)11-9-19/h8-11,20,22H,3-7,12-18H2,1-2H3,(H,25,29). The molecule has 2 aliphatic rings. The normalized spacial score (nSPS) is 19.3. The van der Waals surface area contributed by atoms with Crippen molar-refractivity contribution in [2.45, 2.75) is 57.9 Å². The second-order valence-corrected chi connectivity index (χ2v) is 8.54. The summed E-state index contributed by atoms with van der Waals surface area (Å²) in [6.07, 6.45) is 6.72. The van der Waals surface area contributed by atoms with E-state index in [-0.39, 0.29) is 23.8 Å². The Morgan fingerprint density at radius 2 is 1.73 bits per heavy atom. The smallest absolute Gasteiger partial charge is 0.223 e. The van der Waals surface area contributed by atoms with Crippen LogP contribution in [0.1, 0.15) is 63.5 Å². The monoisotopic (exact) mass is 415 g/mol. The molecule has 1 aromatic carbocycles. The molecule has 2 fully saturated rings. The average Bonchev–Trinajstić information content (AvgIpc) is 2.80. The van der Waals surface area contributed by atoms with Crippen LogP contribution in [0.4, 0.5) is 0 Å². The number of rotatable bonds is 8. The first kappa shape index (κ1) is 22.6. The quantitative estimate of drug-likeness (QED) is 0.707. The third-order valence-corrected chi connectivity index (χ3v) is 6.48. The van der Waals surface area contributed by atoms with Gasteiger partial charge in [0.25, 0.3) is 0 Å². The number of nitrogens with zero attached hydrogens (tertiary/aromatic N) is 2. The molecule has 0 aliphatic carbocycles. The van der Waals surface area contributed by atoms with Crippen molar-refractivity contribution in [3.05, 3.63) is 29.8 Å². The van der Waals surface area contributed by atoms with Crippen LogP contribution in [0.15, 0.2) is 24.3 Å². The van der Waals surface area contributed by atoms with E-state index < -0.39 is 0 Å². The molecule has 1 unspecified atom stereocenters. The molecule has 0 spiro atoms. The molecule has 6 nitrogen and oxygen atoms in total. The van der Waals surface area contributed by atoms with Crippen LogP contribution in [-0.4, -0.2) is 61.4 Å². The van der Waals surface area contributed by atoms with Crippen molar-refractivity contribution >= 4 is 11.8 Å². The van der Waals surface area contributed by atoms with Gasteiger partial charge in [-0.3, -0.25) is 14.5 Å². The van der Waals surface area contributed by atoms with Gasteiger partial charge in [-0.2, -0.15) is 0 Å². The van der Waals surface area contributed by atoms with Crippen molar-refractivity contribution in [3.63, 3.8) is 0 Å². The summed E-state index contributed by atoms with van der Waals surface area (Å²) in [5.74, 6) is 1.22. The maximum Gasteiger partial charge on any atom is 0.223 e. The lowest BCUT2D eigenvalue weighted by molar-refractivity contribution is -0.135. The molecule has 2 heterocycles. The molecule has 1 atom stereocenters. The third-order valence-electron chi connectivity index (χ3n) is 6.48. The summed E-state index contributed by atoms with van der Waals surface area (Å²) in [4.78, 5) is 29.4. The molecule has 1 aromatic rings. The summed E-state index contributed by atoms with van der Waals surface area (Å²) < 4.78 is 5.30. The van der Waals surface area contributed by atoms with E-state index in [2.05, 4.69) is 22.3 Å². The number of likely N-dealkylation sites (tertiary alicyclic amines) is 2. The van der Waals surface area contributed by atoms with Crippen molar-refractivity contribution in [1.29, 1.82) is 0 Å². The number of carbonyl (C=O) groups is 2. The predicted molar refractivity (Wildman–Crippen MR) is 118 cm³/mol. The van der Waals surface area contributed by atoms with Crippen molar-refractivity contribution in [3.8, 4) is 5.75 Å². The number of hydrogen-bond donors (Lipinski definition) is 1. The van der Waals surface area contributed by atoms with Crippen LogP contribution in [0.5, 0.6) is 5.75 Å². The minimum Gasteiger partial charge on any atom is -0.497 e. The molecule has 166 valence electrons. The van der Waals surface area contributed by atoms with E-state index in [0.29, 0.717) is 26.1 Å². The first-order chi connectivity index (χ1) is 14.6. The van der Waals surface area contributed by atoms with E-state index in [1.165, 1.54) is 24.8 Å². The SMILES string of the molecule is CCCC(=O)N1CCC(C(=O)NCC(c2ccc(OC)cc2)N2CCCCC2)CC1. The van der Waals surface area contributed by atoms with E-state index in [4.69, 9.17) is 4.74 Å². The Morgan fingerprint density at radius 3 is 2.33 bits per heavy atom. The van der Waals surface area contributed by atoms with E-state index in [9.17, 15) is 9.59 Å². The Balaban J connectivity index is 1.57. The van der Waals surface area contributed by atoms with Crippen LogP contribution in [0.25, 0.3) is 0 Å². The number of piperidine rings is 2. The Kier molecular flexibility index (Phi) is 8.55. The van der Waals surface area contributed by atoms with Crippen LogP contribution in [0.3, 0.4) is 0 Å². The zero-order valence-corrected chi connectivity index (χ0v) is 18.6. The predicted octanol–water partition coefficient (Wildman–Crippen LogP) is 3.38. The fourth-order valence-corrected chi connectivity index (χ4v) is 4.62. The Hall–Kier alpha value is -2.08. The molecule has 2 saturated heterocycles. The third kappa shape index (κ3) is 5.97. The number of nitrogens with one attached hydrogen (secondary N) is 1. The molecule has 0 bridgehead atoms. The number of ether oxygens (including phenoxy) is 1. The Morgan fingerprint density at radius 1 is 1.07 bits per heavy atom. The van der Waals surface area contributed by atoms with Gasteiger partial charge in [-0.25, -0.2) is 0 Å². The highest BCUT2D eigenvalue weighted by Crippen LogP contribution is 2.26. The minimum atomic E-state index is 0.00792. The van der Waals surface area contributed by atoms with Crippen LogP contribution >= 0.6 is 0 Å². The molecule has 3 rings (SSSR count). The zero-order chi connectivity index (χ0) is 21.3. The van der Waals surface area contributed by atoms with Gasteiger partial charge >= 0.3 is 0 Å². The van der Waals surface area contributed by atoms with E-state index in [0.717, 1.165) is 38.1 Å². The van der Waals surface area contributed by atoms with Crippen LogP contribution in [-0.2, 0) is 9.59 Å². The summed E-state index contributed by atoms with van der Waals surface area (Å²) in [5, 5.41) is 3.23. The maximum absolute atomic E-state index is 12.9. The van der Waals surface area contributed by atoms with E-state index >= 15 is 0 Å². The molecule has 2 amide bonds. The van der Waals surface area contributed by atoms with Gasteiger partial charge in [0.1, 0.15) is 5.75 Å². The van der Waals surface area contributed by atoms with Crippen molar-refractivity contribution in [2.24, 2.45) is 5.92 Å². The molecule has 0 saturated carbocycles. The number of benzene rings is 1. The Bertz CT molecular complexity index is 677. The second kappa shape index (κ2) is 11.3. The van der Waals surface area contributed by atoms with Crippen molar-refractivity contribution in [1.82, 2.24) is 15.1 Å². The highest BCUT2D eigenvalue weighted by molar-refractivity contribution is 5.80. The number of amides is 2. The molecule has 1 N–H and O–H groups in total. The number of carbonyl (C=O) groups excluding carboxylic acids is 2. The van der Waals surface area contributed by atoms with Gasteiger partial charge in [0.05, 0.1) is 13.2 Å². The number of hydrogen-bond acceptors (Lipinski definition) is 4. The van der Waals surface area contributed by atoms with Gasteiger partial charge in [-0.05, 0) is 62.9 Å². The van der Waals surface area contributed by atoms with Crippen molar-refractivity contribution in [2.75, 3.05) is 39.8 Å². The fraction of sp³-hybridized carbons (Fsp3) is 0.667. The largest absolute Gasteiger partial charge is 0.497 e. The van der Waals surface area contributed by atoms with Crippen LogP contribution in [0, 0.1) is 5.92 Å². The summed E-state index contributed by atoms with van der Waals surface area (Å²) in [6.45, 7) is 6.20. The van der Waals surface area contributed by atoms with Gasteiger partial charge in [0.15, 0.2) is 0 Å². The lowest BCUT2D eigenvalue weighted by atomic mass is 9.95. The zero-order valence-electron chi connectivity index (χ0n) is 18.6. The van der Waals surface area contributed by atoms with Crippen LogP contribution in [0.2, 0.25) is 0 Å². The highest BCUT2D eigenvalue weighted by atomic mass is 16.5. The molecule has 6 heteroatoms. The number of methoxy groups -OCH3 is 1. The van der Waals surface area contributed by atoms with Gasteiger partial charge in [0.2, 0.25) is 11.8 Å². The fourth-order valence-electron chi connectivity index (χ4n) is 4.62. The molecule has 2 aliphatic heterocycles. The molecular formula is C24H37N3O3. The lowest BCUT2D eigenvalue weighted by Crippen LogP contribution is -2.45. The van der Waals surface area contributed by atoms with Crippen LogP contribution < -0.4 is 10.1 Å². The summed E-state index contributed by atoms with van der Waals surface area (Å²) >= 11 is 0. The van der Waals surface area contributed by atoms with Gasteiger partial charge in [0, 0.05) is 32.0 Å². The highest BCUT2D eigenvalue weighted by Gasteiger charge is 2.28. The van der Waals surface area contributed by atoms with Gasteiger partial charge < -0.3 is 15.0 Å². The lowest BCUT2D eigenvalue weighted by Gasteiger charge is -2.36. The van der Waals surface area contributed by atoms with E-state index in [1.807, 2.05) is 24.0 Å². The van der Waals surface area contributed by atoms with E-state index in [1.54, 1.807) is 7.11 Å². The van der Waals surface area contributed by atoms with Gasteiger partial charge in [-0.1, -0.05) is 25.5 Å². The molecule has 0 aromatic heterocycles. The molecule has 30 heavy (non-hydrogen) atoms. The molecule has 0 radical (unpaired) electrons. The molecular weight excluding hydrogens is 378 g/mol. The maximum atomic E-state index is 12.9. The minimum absolute atomic E-state index is 0.00792. The second-order valence-electron chi connectivity index (χ2n) is 8.54. The van der Waals surface area contributed by atoms with Crippen molar-refractivity contribution < 1.29 is 14.3 Å². The average molecular weight is 416 g/mol. The topological polar surface area (TPSA) is 61.9 Å². The summed E-state index contributed by atoms with van der Waals surface area (Å²) in [7, 11) is 1.68. The summed E-state index contributed by atoms with van der Waals surface area (Å²) in [5.41, 5.74) is 1.22. The first-order valence-corrected chi connectivity index (χ1v) is 11.6. The first-order valence-electron chi connectivity index (χ1n) is 11.6.